The van der Waals surface area contributed by atoms with E-state index in [1.807, 2.05) is 13.8 Å². The molecule has 9 nitrogen and oxygen atoms in total. The highest BCUT2D eigenvalue weighted by Crippen LogP contribution is 2.50. The van der Waals surface area contributed by atoms with Gasteiger partial charge in [0.2, 0.25) is 11.7 Å². The summed E-state index contributed by atoms with van der Waals surface area (Å²) < 4.78 is 9.63. The smallest absolute Gasteiger partial charge is 0.374 e. The third-order valence-corrected chi connectivity index (χ3v) is 6.49. The van der Waals surface area contributed by atoms with Crippen molar-refractivity contribution < 1.29 is 33.4 Å². The van der Waals surface area contributed by atoms with Gasteiger partial charge in [0.05, 0.1) is 6.26 Å². The first kappa shape index (κ1) is 21.2. The quantitative estimate of drug-likeness (QED) is 0.498. The van der Waals surface area contributed by atoms with Gasteiger partial charge in [-0.3, -0.25) is 9.59 Å². The molecule has 2 amide bonds. The van der Waals surface area contributed by atoms with Gasteiger partial charge in [-0.2, -0.15) is 0 Å². The summed E-state index contributed by atoms with van der Waals surface area (Å²) in [4.78, 5) is 50.4. The van der Waals surface area contributed by atoms with E-state index in [0.717, 1.165) is 0 Å². The number of esters is 1. The van der Waals surface area contributed by atoms with Crippen molar-refractivity contribution in [1.82, 2.24) is 10.2 Å². The van der Waals surface area contributed by atoms with Crippen molar-refractivity contribution in [1.29, 1.82) is 0 Å². The summed E-state index contributed by atoms with van der Waals surface area (Å²) in [7, 11) is 0. The first-order valence-electron chi connectivity index (χ1n) is 9.30. The number of thioether (sulfide) groups is 1. The molecule has 0 spiro atoms. The van der Waals surface area contributed by atoms with Crippen LogP contribution in [0.3, 0.4) is 0 Å². The molecule has 3 rings (SSSR count). The van der Waals surface area contributed by atoms with Gasteiger partial charge in [-0.25, -0.2) is 9.59 Å². The molecule has 2 fully saturated rings. The fourth-order valence-electron chi connectivity index (χ4n) is 3.61. The molecule has 1 aromatic rings. The van der Waals surface area contributed by atoms with Crippen molar-refractivity contribution in [2.45, 2.75) is 62.4 Å². The maximum absolute atomic E-state index is 12.8. The molecular weight excluding hydrogens is 400 g/mol. The van der Waals surface area contributed by atoms with Crippen molar-refractivity contribution in [3.8, 4) is 0 Å². The van der Waals surface area contributed by atoms with Gasteiger partial charge in [0, 0.05) is 4.75 Å². The monoisotopic (exact) mass is 424 g/mol. The van der Waals surface area contributed by atoms with Crippen molar-refractivity contribution in [3.63, 3.8) is 0 Å². The molecule has 4 atom stereocenters. The van der Waals surface area contributed by atoms with E-state index < -0.39 is 52.1 Å². The number of rotatable bonds is 7. The van der Waals surface area contributed by atoms with Gasteiger partial charge in [-0.15, -0.1) is 11.8 Å². The number of nitrogens with one attached hydrogen (secondary N) is 1. The number of carboxylic acid groups (broad SMARTS) is 1. The number of ether oxygens (including phenoxy) is 1. The van der Waals surface area contributed by atoms with Crippen LogP contribution in [0.5, 0.6) is 0 Å². The van der Waals surface area contributed by atoms with E-state index >= 15 is 0 Å². The molecule has 10 heteroatoms. The lowest BCUT2D eigenvalue weighted by Crippen LogP contribution is -2.71. The summed E-state index contributed by atoms with van der Waals surface area (Å²) in [5.41, 5.74) is 0. The van der Waals surface area contributed by atoms with Gasteiger partial charge in [0.1, 0.15) is 17.5 Å². The molecule has 0 saturated carbocycles. The Bertz CT molecular complexity index is 821. The highest BCUT2D eigenvalue weighted by atomic mass is 32.2. The van der Waals surface area contributed by atoms with E-state index in [-0.39, 0.29) is 18.1 Å². The molecule has 0 aliphatic carbocycles. The maximum atomic E-state index is 12.8. The third-order valence-electron chi connectivity index (χ3n) is 4.92. The van der Waals surface area contributed by atoms with Crippen LogP contribution in [0.2, 0.25) is 0 Å². The SMILES string of the molecule is CC(C)C[C@@H](OC(=O)c1ccco1)C(=O)N[C@@H]1C(=O)N2[C@@H]1SC(C)(C)[C@@H]2C(=O)O. The molecule has 2 N–H and O–H groups in total. The third kappa shape index (κ3) is 3.98. The minimum Gasteiger partial charge on any atom is -0.480 e. The van der Waals surface area contributed by atoms with Crippen LogP contribution in [-0.2, 0) is 19.1 Å². The normalized spacial score (nSPS) is 25.9. The van der Waals surface area contributed by atoms with E-state index in [9.17, 15) is 24.3 Å². The summed E-state index contributed by atoms with van der Waals surface area (Å²) in [6.07, 6.45) is 0.501. The topological polar surface area (TPSA) is 126 Å². The van der Waals surface area contributed by atoms with Crippen LogP contribution < -0.4 is 5.32 Å². The molecule has 0 aromatic carbocycles. The number of hydrogen-bond acceptors (Lipinski definition) is 7. The second-order valence-electron chi connectivity index (χ2n) is 8.09. The summed E-state index contributed by atoms with van der Waals surface area (Å²) in [5, 5.41) is 11.6. The van der Waals surface area contributed by atoms with Crippen LogP contribution in [-0.4, -0.2) is 62.1 Å². The Morgan fingerprint density at radius 1 is 1.38 bits per heavy atom. The molecule has 0 unspecified atom stereocenters. The summed E-state index contributed by atoms with van der Waals surface area (Å²) in [6, 6.07) is 1.16. The Hall–Kier alpha value is -2.49. The highest BCUT2D eigenvalue weighted by Gasteiger charge is 2.64. The number of nitrogens with zero attached hydrogens (tertiary/aromatic N) is 1. The van der Waals surface area contributed by atoms with Crippen LogP contribution in [0.1, 0.15) is 44.7 Å². The van der Waals surface area contributed by atoms with E-state index in [0.29, 0.717) is 0 Å². The minimum absolute atomic E-state index is 0.0187. The van der Waals surface area contributed by atoms with Crippen molar-refractivity contribution >= 4 is 35.5 Å². The minimum atomic E-state index is -1.09. The lowest BCUT2D eigenvalue weighted by Gasteiger charge is -2.43. The van der Waals surface area contributed by atoms with E-state index in [1.165, 1.54) is 35.1 Å². The number of β-lactam (4-membered cyclic amide) rings is 1. The molecule has 0 bridgehead atoms. The predicted octanol–water partition coefficient (Wildman–Crippen LogP) is 1.48. The maximum Gasteiger partial charge on any atom is 0.374 e. The van der Waals surface area contributed by atoms with Gasteiger partial charge < -0.3 is 24.5 Å². The van der Waals surface area contributed by atoms with Gasteiger partial charge in [0.25, 0.3) is 5.91 Å². The van der Waals surface area contributed by atoms with Crippen LogP contribution in [0.25, 0.3) is 0 Å². The van der Waals surface area contributed by atoms with Crippen LogP contribution >= 0.6 is 11.8 Å². The number of carboxylic acids is 1. The Balaban J connectivity index is 1.69. The molecule has 29 heavy (non-hydrogen) atoms. The molecule has 3 heterocycles. The molecular formula is C19H24N2O7S. The summed E-state index contributed by atoms with van der Waals surface area (Å²) in [6.45, 7) is 7.27. The molecule has 2 saturated heterocycles. The zero-order valence-corrected chi connectivity index (χ0v) is 17.4. The summed E-state index contributed by atoms with van der Waals surface area (Å²) in [5.74, 6) is -2.84. The number of furan rings is 1. The number of amides is 2. The largest absolute Gasteiger partial charge is 0.480 e. The summed E-state index contributed by atoms with van der Waals surface area (Å²) >= 11 is 1.33. The molecule has 0 radical (unpaired) electrons. The Kier molecular flexibility index (Phi) is 5.66. The highest BCUT2D eigenvalue weighted by molar-refractivity contribution is 8.01. The van der Waals surface area contributed by atoms with E-state index in [1.54, 1.807) is 13.8 Å². The van der Waals surface area contributed by atoms with Crippen LogP contribution in [0.15, 0.2) is 22.8 Å². The average molecular weight is 424 g/mol. The fraction of sp³-hybridized carbons (Fsp3) is 0.579. The lowest BCUT2D eigenvalue weighted by molar-refractivity contribution is -0.161. The average Bonchev–Trinajstić information content (AvgIpc) is 3.23. The number of carbonyl (C=O) groups excluding carboxylic acids is 3. The van der Waals surface area contributed by atoms with Gasteiger partial charge in [0.15, 0.2) is 6.10 Å². The second kappa shape index (κ2) is 7.74. The van der Waals surface area contributed by atoms with Crippen molar-refractivity contribution in [3.05, 3.63) is 24.2 Å². The lowest BCUT2D eigenvalue weighted by atomic mass is 9.95. The van der Waals surface area contributed by atoms with Gasteiger partial charge in [-0.05, 0) is 38.3 Å². The molecule has 158 valence electrons. The Morgan fingerprint density at radius 2 is 2.07 bits per heavy atom. The first-order chi connectivity index (χ1) is 13.5. The number of aliphatic carboxylic acids is 1. The van der Waals surface area contributed by atoms with E-state index in [2.05, 4.69) is 5.32 Å². The van der Waals surface area contributed by atoms with Gasteiger partial charge in [-0.1, -0.05) is 13.8 Å². The molecule has 1 aromatic heterocycles. The van der Waals surface area contributed by atoms with Crippen LogP contribution in [0.4, 0.5) is 0 Å². The van der Waals surface area contributed by atoms with Crippen LogP contribution in [0, 0.1) is 5.92 Å². The first-order valence-corrected chi connectivity index (χ1v) is 10.2. The zero-order valence-electron chi connectivity index (χ0n) is 16.6. The fourth-order valence-corrected chi connectivity index (χ4v) is 5.24. The standard InChI is InChI=1S/C19H24N2O7S/c1-9(2)8-11(28-18(26)10-6-5-7-27-10)14(22)20-12-15(23)21-13(17(24)25)19(3,4)29-16(12)21/h5-7,9,11-13,16H,8H2,1-4H3,(H,20,22)(H,24,25)/t11-,12-,13+,16-/m1/s1. The Labute approximate surface area is 172 Å². The molecule has 2 aliphatic rings. The zero-order chi connectivity index (χ0) is 21.5. The van der Waals surface area contributed by atoms with Gasteiger partial charge >= 0.3 is 11.9 Å². The number of carbonyl (C=O) groups is 4. The molecule has 2 aliphatic heterocycles. The second-order valence-corrected chi connectivity index (χ2v) is 9.86. The Morgan fingerprint density at radius 3 is 2.62 bits per heavy atom. The van der Waals surface area contributed by atoms with Crippen molar-refractivity contribution in [2.24, 2.45) is 5.92 Å². The number of hydrogen-bond donors (Lipinski definition) is 2. The van der Waals surface area contributed by atoms with E-state index in [4.69, 9.17) is 9.15 Å². The predicted molar refractivity (Wildman–Crippen MR) is 103 cm³/mol. The van der Waals surface area contributed by atoms with Crippen molar-refractivity contribution in [2.75, 3.05) is 0 Å². The number of fused-ring (bicyclic) bond motifs is 1.